The number of benzene rings is 1. The maximum atomic E-state index is 11.6. The van der Waals surface area contributed by atoms with Crippen molar-refractivity contribution in [1.82, 2.24) is 0 Å². The van der Waals surface area contributed by atoms with Crippen LogP contribution in [0.2, 0.25) is 5.02 Å². The quantitative estimate of drug-likeness (QED) is 0.757. The molecule has 5 heteroatoms. The number of hydrogen-bond acceptors (Lipinski definition) is 3. The fourth-order valence-electron chi connectivity index (χ4n) is 1.39. The topological polar surface area (TPSA) is 60.2 Å². The molecular weight excluding hydrogens is 237 g/mol. The van der Waals surface area contributed by atoms with Crippen LogP contribution in [0, 0.1) is 0 Å². The first-order valence-electron chi connectivity index (χ1n) is 4.06. The van der Waals surface area contributed by atoms with E-state index in [9.17, 15) is 9.59 Å². The van der Waals surface area contributed by atoms with E-state index in [0.29, 0.717) is 5.02 Å². The van der Waals surface area contributed by atoms with Gasteiger partial charge in [0.2, 0.25) is 11.6 Å². The summed E-state index contributed by atoms with van der Waals surface area (Å²) in [6, 6.07) is 4.40. The first kappa shape index (κ1) is 10.2. The van der Waals surface area contributed by atoms with Gasteiger partial charge in [-0.05, 0) is 18.2 Å². The number of carbonyl (C=O) groups excluding carboxylic acids is 2. The summed E-state index contributed by atoms with van der Waals surface area (Å²) in [5, 5.41) is 0.134. The van der Waals surface area contributed by atoms with E-state index in [1.165, 1.54) is 18.2 Å². The van der Waals surface area contributed by atoms with E-state index in [4.69, 9.17) is 28.9 Å². The van der Waals surface area contributed by atoms with Crippen LogP contribution < -0.4 is 5.73 Å². The highest BCUT2D eigenvalue weighted by Crippen LogP contribution is 2.28. The summed E-state index contributed by atoms with van der Waals surface area (Å²) < 4.78 is 0. The van der Waals surface area contributed by atoms with E-state index >= 15 is 0 Å². The van der Waals surface area contributed by atoms with Crippen molar-refractivity contribution in [3.05, 3.63) is 45.1 Å². The molecule has 2 N–H and O–H groups in total. The van der Waals surface area contributed by atoms with Crippen LogP contribution in [0.4, 0.5) is 0 Å². The second-order valence-corrected chi connectivity index (χ2v) is 3.89. The fourth-order valence-corrected chi connectivity index (χ4v) is 1.75. The van der Waals surface area contributed by atoms with Gasteiger partial charge in [-0.15, -0.1) is 0 Å². The van der Waals surface area contributed by atoms with Crippen LogP contribution >= 0.6 is 23.2 Å². The molecule has 2 rings (SSSR count). The number of Topliss-reactive ketones (excluding diaryl/α,β-unsaturated/α-hetero) is 2. The summed E-state index contributed by atoms with van der Waals surface area (Å²) in [5.41, 5.74) is 5.64. The van der Waals surface area contributed by atoms with Crippen molar-refractivity contribution in [2.45, 2.75) is 0 Å². The Morgan fingerprint density at radius 2 is 1.67 bits per heavy atom. The molecule has 0 aliphatic heterocycles. The van der Waals surface area contributed by atoms with Gasteiger partial charge in [0.1, 0.15) is 10.7 Å². The fraction of sp³-hybridized carbons (Fsp3) is 0. The highest BCUT2D eigenvalue weighted by molar-refractivity contribution is 6.50. The van der Waals surface area contributed by atoms with Gasteiger partial charge < -0.3 is 5.73 Å². The second-order valence-electron chi connectivity index (χ2n) is 3.08. The number of allylic oxidation sites excluding steroid dienone is 2. The number of ketones is 2. The number of halogens is 2. The molecule has 0 saturated heterocycles. The van der Waals surface area contributed by atoms with Crippen molar-refractivity contribution >= 4 is 34.8 Å². The molecule has 0 saturated carbocycles. The molecule has 0 aromatic heterocycles. The molecule has 0 fully saturated rings. The lowest BCUT2D eigenvalue weighted by Gasteiger charge is -2.14. The maximum Gasteiger partial charge on any atom is 0.211 e. The Bertz CT molecular complexity index is 520. The molecule has 0 amide bonds. The SMILES string of the molecule is NC1=C(Cl)C(=O)c2cc(Cl)ccc2C1=O. The summed E-state index contributed by atoms with van der Waals surface area (Å²) in [6.07, 6.45) is 0. The van der Waals surface area contributed by atoms with Gasteiger partial charge in [-0.1, -0.05) is 23.2 Å². The molecule has 0 radical (unpaired) electrons. The molecule has 1 aliphatic rings. The molecule has 15 heavy (non-hydrogen) atoms. The largest absolute Gasteiger partial charge is 0.394 e. The van der Waals surface area contributed by atoms with Gasteiger partial charge in [0, 0.05) is 16.1 Å². The molecule has 0 unspecified atom stereocenters. The van der Waals surface area contributed by atoms with Crippen LogP contribution in [0.15, 0.2) is 28.9 Å². The van der Waals surface area contributed by atoms with E-state index in [0.717, 1.165) is 0 Å². The van der Waals surface area contributed by atoms with Gasteiger partial charge in [-0.3, -0.25) is 9.59 Å². The average Bonchev–Trinajstić information content (AvgIpc) is 2.23. The van der Waals surface area contributed by atoms with Crippen molar-refractivity contribution < 1.29 is 9.59 Å². The predicted molar refractivity (Wildman–Crippen MR) is 57.2 cm³/mol. The predicted octanol–water partition coefficient (Wildman–Crippen LogP) is 2.13. The minimum absolute atomic E-state index is 0.201. The molecule has 0 spiro atoms. The average molecular weight is 242 g/mol. The second kappa shape index (κ2) is 3.36. The molecule has 0 atom stereocenters. The number of rotatable bonds is 0. The third-order valence-corrected chi connectivity index (χ3v) is 2.76. The molecule has 76 valence electrons. The van der Waals surface area contributed by atoms with E-state index in [-0.39, 0.29) is 21.9 Å². The zero-order valence-corrected chi connectivity index (χ0v) is 8.89. The van der Waals surface area contributed by atoms with Crippen LogP contribution in [0.5, 0.6) is 0 Å². The van der Waals surface area contributed by atoms with Gasteiger partial charge in [0.25, 0.3) is 0 Å². The molecular formula is C10H5Cl2NO2. The lowest BCUT2D eigenvalue weighted by atomic mass is 9.93. The van der Waals surface area contributed by atoms with Gasteiger partial charge in [0.05, 0.1) is 0 Å². The zero-order valence-electron chi connectivity index (χ0n) is 7.38. The smallest absolute Gasteiger partial charge is 0.211 e. The summed E-state index contributed by atoms with van der Waals surface area (Å²) in [6.45, 7) is 0. The van der Waals surface area contributed by atoms with Gasteiger partial charge in [-0.2, -0.15) is 0 Å². The third kappa shape index (κ3) is 1.44. The Morgan fingerprint density at radius 1 is 1.00 bits per heavy atom. The number of hydrogen-bond donors (Lipinski definition) is 1. The van der Waals surface area contributed by atoms with Crippen molar-refractivity contribution in [1.29, 1.82) is 0 Å². The normalized spacial score (nSPS) is 15.6. The highest BCUT2D eigenvalue weighted by atomic mass is 35.5. The van der Waals surface area contributed by atoms with Crippen molar-refractivity contribution in [2.75, 3.05) is 0 Å². The monoisotopic (exact) mass is 241 g/mol. The van der Waals surface area contributed by atoms with Crippen LogP contribution in [0.1, 0.15) is 20.7 Å². The molecule has 0 bridgehead atoms. The number of carbonyl (C=O) groups is 2. The van der Waals surface area contributed by atoms with Gasteiger partial charge in [-0.25, -0.2) is 0 Å². The molecule has 0 heterocycles. The lowest BCUT2D eigenvalue weighted by Crippen LogP contribution is -2.24. The van der Waals surface area contributed by atoms with E-state index in [1.54, 1.807) is 0 Å². The Hall–Kier alpha value is -1.32. The van der Waals surface area contributed by atoms with Gasteiger partial charge in [0.15, 0.2) is 0 Å². The number of fused-ring (bicyclic) bond motifs is 1. The first-order valence-corrected chi connectivity index (χ1v) is 4.82. The van der Waals surface area contributed by atoms with Crippen molar-refractivity contribution in [3.8, 4) is 0 Å². The molecule has 3 nitrogen and oxygen atoms in total. The Labute approximate surface area is 95.5 Å². The standard InChI is InChI=1S/C10H5Cl2NO2/c11-4-1-2-5-6(3-4)9(14)7(12)8(13)10(5)15/h1-3H,13H2. The third-order valence-electron chi connectivity index (χ3n) is 2.15. The van der Waals surface area contributed by atoms with Crippen molar-refractivity contribution in [2.24, 2.45) is 5.73 Å². The Balaban J connectivity index is 2.73. The van der Waals surface area contributed by atoms with Crippen LogP contribution in [0.3, 0.4) is 0 Å². The molecule has 1 aromatic carbocycles. The lowest BCUT2D eigenvalue weighted by molar-refractivity contribution is 0.0979. The van der Waals surface area contributed by atoms with Crippen LogP contribution in [-0.4, -0.2) is 11.6 Å². The minimum atomic E-state index is -0.466. The van der Waals surface area contributed by atoms with E-state index in [1.807, 2.05) is 0 Å². The summed E-state index contributed by atoms with van der Waals surface area (Å²) in [4.78, 5) is 23.3. The van der Waals surface area contributed by atoms with E-state index in [2.05, 4.69) is 0 Å². The molecule has 1 aromatic rings. The summed E-state index contributed by atoms with van der Waals surface area (Å²) in [5.74, 6) is -0.905. The van der Waals surface area contributed by atoms with Crippen molar-refractivity contribution in [3.63, 3.8) is 0 Å². The first-order chi connectivity index (χ1) is 7.02. The molecule has 1 aliphatic carbocycles. The van der Waals surface area contributed by atoms with Crippen LogP contribution in [-0.2, 0) is 0 Å². The minimum Gasteiger partial charge on any atom is -0.394 e. The Kier molecular flexibility index (Phi) is 2.29. The maximum absolute atomic E-state index is 11.6. The number of nitrogens with two attached hydrogens (primary N) is 1. The van der Waals surface area contributed by atoms with Crippen LogP contribution in [0.25, 0.3) is 0 Å². The summed E-state index contributed by atoms with van der Waals surface area (Å²) >= 11 is 11.4. The Morgan fingerprint density at radius 3 is 2.33 bits per heavy atom. The summed E-state index contributed by atoms with van der Waals surface area (Å²) in [7, 11) is 0. The highest BCUT2D eigenvalue weighted by Gasteiger charge is 2.29. The van der Waals surface area contributed by atoms with Gasteiger partial charge >= 0.3 is 0 Å². The van der Waals surface area contributed by atoms with E-state index < -0.39 is 11.6 Å². The zero-order chi connectivity index (χ0) is 11.2.